The molecule has 6 heteroatoms. The first-order chi connectivity index (χ1) is 12.6. The molecule has 1 aliphatic rings. The molecule has 0 spiro atoms. The molecule has 1 atom stereocenters. The Morgan fingerprint density at radius 3 is 2.69 bits per heavy atom. The van der Waals surface area contributed by atoms with Crippen LogP contribution < -0.4 is 5.32 Å². The van der Waals surface area contributed by atoms with Crippen molar-refractivity contribution in [3.63, 3.8) is 0 Å². The topological polar surface area (TPSA) is 81.2 Å². The summed E-state index contributed by atoms with van der Waals surface area (Å²) in [7, 11) is 0. The van der Waals surface area contributed by atoms with Crippen LogP contribution in [0.15, 0.2) is 36.5 Å². The lowest BCUT2D eigenvalue weighted by atomic mass is 9.94. The minimum absolute atomic E-state index is 0.138. The normalized spacial score (nSPS) is 16.2. The summed E-state index contributed by atoms with van der Waals surface area (Å²) in [6, 6.07) is 9.57. The van der Waals surface area contributed by atoms with E-state index in [2.05, 4.69) is 15.3 Å². The zero-order valence-electron chi connectivity index (χ0n) is 15.3. The minimum Gasteiger partial charge on any atom is -0.387 e. The van der Waals surface area contributed by atoms with E-state index in [4.69, 9.17) is 0 Å². The fraction of sp³-hybridized carbons (Fsp3) is 0.500. The molecule has 1 fully saturated rings. The van der Waals surface area contributed by atoms with Crippen LogP contribution in [0.2, 0.25) is 0 Å². The molecule has 0 radical (unpaired) electrons. The molecule has 3 rings (SSSR count). The van der Waals surface area contributed by atoms with Crippen LogP contribution in [0.1, 0.15) is 55.3 Å². The van der Waals surface area contributed by atoms with E-state index in [1.165, 1.54) is 6.42 Å². The number of rotatable bonds is 6. The first kappa shape index (κ1) is 18.5. The number of aliphatic hydroxyl groups excluding tert-OH is 1. The van der Waals surface area contributed by atoms with Crippen LogP contribution in [-0.4, -0.2) is 38.6 Å². The van der Waals surface area contributed by atoms with Gasteiger partial charge in [-0.3, -0.25) is 0 Å². The number of carbonyl (C=O) groups excluding carboxylic acids is 1. The fourth-order valence-corrected chi connectivity index (χ4v) is 3.58. The van der Waals surface area contributed by atoms with Gasteiger partial charge in [0, 0.05) is 17.9 Å². The van der Waals surface area contributed by atoms with E-state index < -0.39 is 6.10 Å². The molecule has 1 aliphatic carbocycles. The van der Waals surface area contributed by atoms with Crippen molar-refractivity contribution in [3.8, 4) is 0 Å². The van der Waals surface area contributed by atoms with Crippen molar-refractivity contribution in [3.05, 3.63) is 53.6 Å². The summed E-state index contributed by atoms with van der Waals surface area (Å²) in [6.45, 7) is 2.60. The SMILES string of the molecule is Cc1cnc(CNC(=O)N(C[C@@H](O)c2ccccc2)C2CCCCC2)[nH]1. The number of H-pyrrole nitrogens is 1. The average molecular weight is 356 g/mol. The van der Waals surface area contributed by atoms with Crippen LogP contribution in [0.25, 0.3) is 0 Å². The first-order valence-corrected chi connectivity index (χ1v) is 9.41. The second-order valence-electron chi connectivity index (χ2n) is 7.04. The molecule has 0 bridgehead atoms. The van der Waals surface area contributed by atoms with Crippen molar-refractivity contribution in [2.24, 2.45) is 0 Å². The van der Waals surface area contributed by atoms with Gasteiger partial charge in [0.15, 0.2) is 0 Å². The molecule has 0 aliphatic heterocycles. The number of aliphatic hydroxyl groups is 1. The molecule has 1 aromatic carbocycles. The van der Waals surface area contributed by atoms with E-state index in [1.807, 2.05) is 42.2 Å². The highest BCUT2D eigenvalue weighted by Crippen LogP contribution is 2.25. The number of amides is 2. The van der Waals surface area contributed by atoms with Crippen molar-refractivity contribution in [1.29, 1.82) is 0 Å². The number of aryl methyl sites for hydroxylation is 1. The zero-order chi connectivity index (χ0) is 18.4. The highest BCUT2D eigenvalue weighted by atomic mass is 16.3. The maximum absolute atomic E-state index is 12.9. The molecule has 2 aromatic rings. The fourth-order valence-electron chi connectivity index (χ4n) is 3.58. The monoisotopic (exact) mass is 356 g/mol. The summed E-state index contributed by atoms with van der Waals surface area (Å²) in [6.07, 6.45) is 6.54. The van der Waals surface area contributed by atoms with Crippen LogP contribution in [0.3, 0.4) is 0 Å². The van der Waals surface area contributed by atoms with E-state index in [0.29, 0.717) is 13.1 Å². The smallest absolute Gasteiger partial charge is 0.318 e. The Balaban J connectivity index is 1.66. The van der Waals surface area contributed by atoms with Gasteiger partial charge in [-0.05, 0) is 25.3 Å². The number of aromatic amines is 1. The number of urea groups is 1. The van der Waals surface area contributed by atoms with Gasteiger partial charge < -0.3 is 20.3 Å². The third-order valence-corrected chi connectivity index (χ3v) is 4.99. The van der Waals surface area contributed by atoms with E-state index in [9.17, 15) is 9.90 Å². The lowest BCUT2D eigenvalue weighted by molar-refractivity contribution is 0.0899. The molecule has 0 saturated heterocycles. The Morgan fingerprint density at radius 2 is 2.04 bits per heavy atom. The quantitative estimate of drug-likeness (QED) is 0.743. The summed E-state index contributed by atoms with van der Waals surface area (Å²) >= 11 is 0. The molecule has 6 nitrogen and oxygen atoms in total. The Morgan fingerprint density at radius 1 is 1.31 bits per heavy atom. The number of carbonyl (C=O) groups is 1. The van der Waals surface area contributed by atoms with Crippen molar-refractivity contribution in [2.45, 2.75) is 57.7 Å². The zero-order valence-corrected chi connectivity index (χ0v) is 15.3. The van der Waals surface area contributed by atoms with Gasteiger partial charge in [0.2, 0.25) is 0 Å². The molecule has 140 valence electrons. The summed E-state index contributed by atoms with van der Waals surface area (Å²) in [5, 5.41) is 13.6. The number of hydrogen-bond donors (Lipinski definition) is 3. The third-order valence-electron chi connectivity index (χ3n) is 4.99. The van der Waals surface area contributed by atoms with Gasteiger partial charge in [-0.2, -0.15) is 0 Å². The summed E-state index contributed by atoms with van der Waals surface area (Å²) in [4.78, 5) is 22.0. The van der Waals surface area contributed by atoms with E-state index in [0.717, 1.165) is 42.8 Å². The van der Waals surface area contributed by atoms with E-state index in [1.54, 1.807) is 6.20 Å². The number of nitrogens with one attached hydrogen (secondary N) is 2. The van der Waals surface area contributed by atoms with Crippen molar-refractivity contribution in [2.75, 3.05) is 6.54 Å². The molecule has 0 unspecified atom stereocenters. The Kier molecular flexibility index (Phi) is 6.28. The summed E-state index contributed by atoms with van der Waals surface area (Å²) in [5.41, 5.74) is 1.81. The average Bonchev–Trinajstić information content (AvgIpc) is 3.10. The van der Waals surface area contributed by atoms with E-state index >= 15 is 0 Å². The predicted molar refractivity (Wildman–Crippen MR) is 101 cm³/mol. The highest BCUT2D eigenvalue weighted by Gasteiger charge is 2.27. The van der Waals surface area contributed by atoms with Crippen LogP contribution in [0, 0.1) is 6.92 Å². The largest absolute Gasteiger partial charge is 0.387 e. The summed E-state index contributed by atoms with van der Waals surface area (Å²) in [5.74, 6) is 0.739. The first-order valence-electron chi connectivity index (χ1n) is 9.41. The van der Waals surface area contributed by atoms with Gasteiger partial charge in [-0.1, -0.05) is 49.6 Å². The molecular formula is C20H28N4O2. The number of benzene rings is 1. The summed E-state index contributed by atoms with van der Waals surface area (Å²) < 4.78 is 0. The van der Waals surface area contributed by atoms with Gasteiger partial charge in [0.05, 0.1) is 19.2 Å². The minimum atomic E-state index is -0.685. The van der Waals surface area contributed by atoms with Gasteiger partial charge in [0.1, 0.15) is 5.82 Å². The molecule has 2 amide bonds. The molecule has 1 saturated carbocycles. The second-order valence-corrected chi connectivity index (χ2v) is 7.04. The maximum Gasteiger partial charge on any atom is 0.318 e. The van der Waals surface area contributed by atoms with Crippen LogP contribution in [-0.2, 0) is 6.54 Å². The van der Waals surface area contributed by atoms with Crippen LogP contribution in [0.4, 0.5) is 4.79 Å². The van der Waals surface area contributed by atoms with Gasteiger partial charge in [-0.15, -0.1) is 0 Å². The number of hydrogen-bond acceptors (Lipinski definition) is 3. The van der Waals surface area contributed by atoms with Crippen molar-refractivity contribution in [1.82, 2.24) is 20.2 Å². The van der Waals surface area contributed by atoms with Crippen molar-refractivity contribution < 1.29 is 9.90 Å². The van der Waals surface area contributed by atoms with Crippen LogP contribution in [0.5, 0.6) is 0 Å². The predicted octanol–water partition coefficient (Wildman–Crippen LogP) is 3.30. The lowest BCUT2D eigenvalue weighted by Gasteiger charge is -2.35. The third kappa shape index (κ3) is 4.85. The van der Waals surface area contributed by atoms with E-state index in [-0.39, 0.29) is 12.1 Å². The molecule has 3 N–H and O–H groups in total. The Labute approximate surface area is 154 Å². The van der Waals surface area contributed by atoms with Gasteiger partial charge >= 0.3 is 6.03 Å². The van der Waals surface area contributed by atoms with Gasteiger partial charge in [-0.25, -0.2) is 9.78 Å². The number of imidazole rings is 1. The lowest BCUT2D eigenvalue weighted by Crippen LogP contribution is -2.48. The standard InChI is InChI=1S/C20H28N4O2/c1-15-12-21-19(23-15)13-22-20(26)24(17-10-6-3-7-11-17)14-18(25)16-8-4-2-5-9-16/h2,4-5,8-9,12,17-18,25H,3,6-7,10-11,13-14H2,1H3,(H,21,23)(H,22,26)/t18-/m1/s1. The molecule has 1 heterocycles. The van der Waals surface area contributed by atoms with Crippen LogP contribution >= 0.6 is 0 Å². The Hall–Kier alpha value is -2.34. The van der Waals surface area contributed by atoms with Gasteiger partial charge in [0.25, 0.3) is 0 Å². The molecular weight excluding hydrogens is 328 g/mol. The molecule has 1 aromatic heterocycles. The Bertz CT molecular complexity index is 695. The number of aromatic nitrogens is 2. The molecule has 26 heavy (non-hydrogen) atoms. The van der Waals surface area contributed by atoms with Crippen molar-refractivity contribution >= 4 is 6.03 Å². The number of nitrogens with zero attached hydrogens (tertiary/aromatic N) is 2. The maximum atomic E-state index is 12.9. The highest BCUT2D eigenvalue weighted by molar-refractivity contribution is 5.74. The second kappa shape index (κ2) is 8.85.